The third-order valence-electron chi connectivity index (χ3n) is 9.26. The molecule has 0 radical (unpaired) electrons. The number of ether oxygens (including phenoxy) is 3. The number of hydrogen-bond donors (Lipinski definition) is 2. The summed E-state index contributed by atoms with van der Waals surface area (Å²) in [6.45, 7) is 0.0978. The van der Waals surface area contributed by atoms with Crippen LogP contribution in [0.5, 0.6) is 0 Å². The molecule has 11 heteroatoms. The Morgan fingerprint density at radius 3 is 2.34 bits per heavy atom. The first-order chi connectivity index (χ1) is 25.9. The maximum Gasteiger partial charge on any atom is 0.408 e. The van der Waals surface area contributed by atoms with Crippen molar-refractivity contribution in [1.82, 2.24) is 15.2 Å². The molecule has 3 heterocycles. The molecule has 3 amide bonds. The zero-order valence-corrected chi connectivity index (χ0v) is 29.7. The average molecular weight is 730 g/mol. The van der Waals surface area contributed by atoms with Gasteiger partial charge in [-0.2, -0.15) is 0 Å². The number of aliphatic hydroxyl groups is 1. The lowest BCUT2D eigenvalue weighted by Crippen LogP contribution is -2.41. The summed E-state index contributed by atoms with van der Waals surface area (Å²) in [7, 11) is 0. The minimum absolute atomic E-state index is 0.0231. The molecule has 2 aliphatic heterocycles. The lowest BCUT2D eigenvalue weighted by atomic mass is 9.97. The number of rotatable bonds is 12. The Morgan fingerprint density at radius 1 is 0.849 bits per heavy atom. The van der Waals surface area contributed by atoms with Gasteiger partial charge in [-0.1, -0.05) is 109 Å². The summed E-state index contributed by atoms with van der Waals surface area (Å²) >= 11 is 1.64. The fourth-order valence-electron chi connectivity index (χ4n) is 6.43. The van der Waals surface area contributed by atoms with Crippen molar-refractivity contribution in [3.05, 3.63) is 155 Å². The van der Waals surface area contributed by atoms with Crippen molar-refractivity contribution in [2.24, 2.45) is 0 Å². The van der Waals surface area contributed by atoms with E-state index in [4.69, 9.17) is 14.2 Å². The monoisotopic (exact) mass is 729 g/mol. The van der Waals surface area contributed by atoms with Crippen molar-refractivity contribution in [1.29, 1.82) is 0 Å². The van der Waals surface area contributed by atoms with Gasteiger partial charge in [-0.05, 0) is 45.5 Å². The minimum atomic E-state index is -0.990. The average Bonchev–Trinajstić information content (AvgIpc) is 3.47. The van der Waals surface area contributed by atoms with Gasteiger partial charge >= 0.3 is 6.09 Å². The summed E-state index contributed by atoms with van der Waals surface area (Å²) in [6.07, 6.45) is 0.623. The number of likely N-dealkylation sites (tertiary alicyclic amines) is 1. The van der Waals surface area contributed by atoms with E-state index in [9.17, 15) is 19.5 Å². The van der Waals surface area contributed by atoms with Crippen molar-refractivity contribution in [3.63, 3.8) is 0 Å². The van der Waals surface area contributed by atoms with Crippen molar-refractivity contribution in [3.8, 4) is 11.1 Å². The molecule has 0 spiro atoms. The van der Waals surface area contributed by atoms with E-state index >= 15 is 0 Å². The van der Waals surface area contributed by atoms with E-state index in [1.807, 2.05) is 121 Å². The molecule has 1 aromatic heterocycles. The van der Waals surface area contributed by atoms with Crippen LogP contribution < -0.4 is 5.32 Å². The number of nitrogens with zero attached hydrogens (tertiary/aromatic N) is 2. The fourth-order valence-corrected chi connectivity index (χ4v) is 7.31. The zero-order chi connectivity index (χ0) is 36.6. The first-order valence-electron chi connectivity index (χ1n) is 17.5. The smallest absolute Gasteiger partial charge is 0.408 e. The second-order valence-corrected chi connectivity index (χ2v) is 13.9. The predicted octanol–water partition coefficient (Wildman–Crippen LogP) is 7.13. The third kappa shape index (κ3) is 9.01. The molecule has 2 aliphatic rings. The van der Waals surface area contributed by atoms with Crippen molar-refractivity contribution in [2.45, 2.75) is 62.2 Å². The largest absolute Gasteiger partial charge is 0.445 e. The number of benzene rings is 4. The maximum absolute atomic E-state index is 13.3. The van der Waals surface area contributed by atoms with Gasteiger partial charge < -0.3 is 24.6 Å². The Bertz CT molecular complexity index is 2010. The number of nitrogens with one attached hydrogen (secondary N) is 1. The van der Waals surface area contributed by atoms with Crippen LogP contribution in [0.3, 0.4) is 0 Å². The first kappa shape index (κ1) is 36.0. The number of pyridine rings is 1. The summed E-state index contributed by atoms with van der Waals surface area (Å²) in [4.78, 5) is 44.4. The van der Waals surface area contributed by atoms with Crippen molar-refractivity contribution in [2.75, 3.05) is 5.75 Å². The maximum atomic E-state index is 13.3. The molecule has 53 heavy (non-hydrogen) atoms. The SMILES string of the molecule is O=C(NC1CC(=O)N(Cc2ccccc2-c2ccc([C@H]3O[C@@H](CSc4ccccn4)C[C@@H](c4ccc(CO)cc4)O3)cc2)C1=O)OCc1ccccc1. The topological polar surface area (TPSA) is 127 Å². The van der Waals surface area contributed by atoms with Crippen LogP contribution in [0.25, 0.3) is 11.1 Å². The molecular weight excluding hydrogens is 691 g/mol. The van der Waals surface area contributed by atoms with E-state index in [-0.39, 0.29) is 44.3 Å². The van der Waals surface area contributed by atoms with Crippen LogP contribution in [-0.4, -0.2) is 50.8 Å². The van der Waals surface area contributed by atoms with Crippen LogP contribution in [0.1, 0.15) is 53.1 Å². The summed E-state index contributed by atoms with van der Waals surface area (Å²) in [5, 5.41) is 13.0. The van der Waals surface area contributed by atoms with E-state index in [1.54, 1.807) is 18.0 Å². The van der Waals surface area contributed by atoms with E-state index in [0.29, 0.717) is 12.2 Å². The normalized spacial score (nSPS) is 20.0. The molecule has 270 valence electrons. The molecule has 2 fully saturated rings. The van der Waals surface area contributed by atoms with Crippen LogP contribution in [-0.2, 0) is 43.6 Å². The fraction of sp³-hybridized carbons (Fsp3) is 0.238. The van der Waals surface area contributed by atoms with Crippen LogP contribution in [0, 0.1) is 0 Å². The van der Waals surface area contributed by atoms with Gasteiger partial charge in [-0.25, -0.2) is 9.78 Å². The minimum Gasteiger partial charge on any atom is -0.445 e. The Hall–Kier alpha value is -5.33. The number of imide groups is 1. The summed E-state index contributed by atoms with van der Waals surface area (Å²) in [5.41, 5.74) is 6.08. The van der Waals surface area contributed by atoms with E-state index in [2.05, 4.69) is 10.3 Å². The third-order valence-corrected chi connectivity index (χ3v) is 10.3. The Kier molecular flexibility index (Phi) is 11.6. The van der Waals surface area contributed by atoms with E-state index in [1.165, 1.54) is 4.90 Å². The van der Waals surface area contributed by atoms with Gasteiger partial charge in [-0.3, -0.25) is 14.5 Å². The van der Waals surface area contributed by atoms with Gasteiger partial charge in [0.25, 0.3) is 5.91 Å². The molecule has 1 unspecified atom stereocenters. The second kappa shape index (κ2) is 17.0. The molecule has 4 atom stereocenters. The highest BCUT2D eigenvalue weighted by Gasteiger charge is 2.40. The number of carbonyl (C=O) groups excluding carboxylic acids is 3. The van der Waals surface area contributed by atoms with E-state index < -0.39 is 24.3 Å². The second-order valence-electron chi connectivity index (χ2n) is 12.9. The molecule has 10 nitrogen and oxygen atoms in total. The molecule has 4 aromatic carbocycles. The van der Waals surface area contributed by atoms with Gasteiger partial charge in [0.05, 0.1) is 36.8 Å². The van der Waals surface area contributed by atoms with Gasteiger partial charge in [0.2, 0.25) is 5.91 Å². The lowest BCUT2D eigenvalue weighted by molar-refractivity contribution is -0.245. The first-order valence-corrected chi connectivity index (χ1v) is 18.5. The molecule has 2 N–H and O–H groups in total. The van der Waals surface area contributed by atoms with Crippen LogP contribution in [0.15, 0.2) is 133 Å². The van der Waals surface area contributed by atoms with Gasteiger partial charge in [-0.15, -0.1) is 11.8 Å². The highest BCUT2D eigenvalue weighted by Crippen LogP contribution is 2.40. The quantitative estimate of drug-likeness (QED) is 0.102. The molecule has 7 rings (SSSR count). The number of aliphatic hydroxyl groups excluding tert-OH is 1. The molecular formula is C42H39N3O7S. The number of alkyl carbamates (subject to hydrolysis) is 1. The van der Waals surface area contributed by atoms with Crippen LogP contribution >= 0.6 is 11.8 Å². The van der Waals surface area contributed by atoms with Gasteiger partial charge in [0.1, 0.15) is 12.6 Å². The summed E-state index contributed by atoms with van der Waals surface area (Å²) < 4.78 is 18.3. The Labute approximate surface area is 312 Å². The number of thioether (sulfide) groups is 1. The number of amides is 3. The number of hydrogen-bond acceptors (Lipinski definition) is 9. The molecule has 0 bridgehead atoms. The molecule has 5 aromatic rings. The number of carbonyl (C=O) groups is 3. The zero-order valence-electron chi connectivity index (χ0n) is 28.9. The summed E-state index contributed by atoms with van der Waals surface area (Å²) in [5.74, 6) is -0.136. The molecule has 2 saturated heterocycles. The molecule has 0 saturated carbocycles. The summed E-state index contributed by atoms with van der Waals surface area (Å²) in [6, 6.07) is 37.4. The molecule has 0 aliphatic carbocycles. The van der Waals surface area contributed by atoms with Crippen LogP contribution in [0.2, 0.25) is 0 Å². The van der Waals surface area contributed by atoms with E-state index in [0.717, 1.165) is 44.0 Å². The lowest BCUT2D eigenvalue weighted by Gasteiger charge is -2.36. The highest BCUT2D eigenvalue weighted by molar-refractivity contribution is 7.99. The predicted molar refractivity (Wildman–Crippen MR) is 199 cm³/mol. The van der Waals surface area contributed by atoms with Crippen molar-refractivity contribution < 1.29 is 33.7 Å². The Morgan fingerprint density at radius 2 is 1.58 bits per heavy atom. The van der Waals surface area contributed by atoms with Gasteiger partial charge in [0, 0.05) is 23.9 Å². The van der Waals surface area contributed by atoms with Crippen LogP contribution in [0.4, 0.5) is 4.79 Å². The Balaban J connectivity index is 1.03. The standard InChI is InChI=1S/C42H39N3O7S/c46-25-28-13-15-31(16-14-28)37-22-34(27-53-38-12-6-7-21-43-38)51-41(52-37)32-19-17-30(18-20-32)35-11-5-4-10-33(35)24-45-39(47)23-36(40(45)48)44-42(49)50-26-29-8-2-1-3-9-29/h1-21,34,36-37,41,46H,22-27H2,(H,44,49)/t34-,36?,37+,41+/m1/s1. The number of aromatic nitrogens is 1. The van der Waals surface area contributed by atoms with Crippen molar-refractivity contribution >= 4 is 29.7 Å². The highest BCUT2D eigenvalue weighted by atomic mass is 32.2. The van der Waals surface area contributed by atoms with Gasteiger partial charge in [0.15, 0.2) is 6.29 Å².